The second-order valence-electron chi connectivity index (χ2n) is 2.86. The van der Waals surface area contributed by atoms with Crippen molar-refractivity contribution in [3.63, 3.8) is 0 Å². The van der Waals surface area contributed by atoms with Gasteiger partial charge in [-0.3, -0.25) is 0 Å². The molecule has 0 fully saturated rings. The van der Waals surface area contributed by atoms with Crippen LogP contribution in [0.5, 0.6) is 0 Å². The highest BCUT2D eigenvalue weighted by molar-refractivity contribution is 5.87. The lowest BCUT2D eigenvalue weighted by Gasteiger charge is -1.97. The van der Waals surface area contributed by atoms with E-state index in [1.54, 1.807) is 12.1 Å². The summed E-state index contributed by atoms with van der Waals surface area (Å²) in [6, 6.07) is 8.52. The van der Waals surface area contributed by atoms with Crippen molar-refractivity contribution in [2.24, 2.45) is 5.73 Å². The molecule has 1 aromatic rings. The van der Waals surface area contributed by atoms with Crippen LogP contribution in [0.15, 0.2) is 30.3 Å². The molecule has 82 valence electrons. The molecule has 3 heteroatoms. The van der Waals surface area contributed by atoms with Crippen molar-refractivity contribution in [1.82, 2.24) is 0 Å². The molecular weight excluding hydrogens is 176 g/mol. The lowest BCUT2D eigenvalue weighted by atomic mass is 10.3. The highest BCUT2D eigenvalue weighted by atomic mass is 16.2. The summed E-state index contributed by atoms with van der Waals surface area (Å²) in [6.45, 7) is 4.36. The minimum absolute atomic E-state index is 0. The third kappa shape index (κ3) is 7.16. The Morgan fingerprint density at radius 1 is 1.29 bits per heavy atom. The maximum atomic E-state index is 10.3. The van der Waals surface area contributed by atoms with Crippen LogP contribution < -0.4 is 11.1 Å². The molecule has 0 aliphatic carbocycles. The van der Waals surface area contributed by atoms with Crippen molar-refractivity contribution in [3.05, 3.63) is 30.3 Å². The number of carbonyl (C=O) groups excluding carboxylic acids is 1. The monoisotopic (exact) mass is 198 g/mol. The molecule has 0 aliphatic heterocycles. The van der Waals surface area contributed by atoms with Gasteiger partial charge >= 0.3 is 6.03 Å². The second-order valence-corrected chi connectivity index (χ2v) is 2.86. The molecule has 1 rings (SSSR count). The van der Waals surface area contributed by atoms with E-state index >= 15 is 0 Å². The number of hydrogen-bond acceptors (Lipinski definition) is 1. The maximum absolute atomic E-state index is 10.3. The van der Waals surface area contributed by atoms with Crippen molar-refractivity contribution < 1.29 is 7.65 Å². The lowest BCUT2D eigenvalue weighted by Crippen LogP contribution is -2.18. The van der Waals surface area contributed by atoms with Crippen LogP contribution in [0.4, 0.5) is 10.5 Å². The van der Waals surface area contributed by atoms with E-state index in [1.807, 2.05) is 18.2 Å². The molecule has 3 N–H and O–H groups in total. The fraction of sp³-hybridized carbons (Fsp3) is 0.364. The van der Waals surface area contributed by atoms with Crippen molar-refractivity contribution in [2.45, 2.75) is 26.7 Å². The zero-order valence-electron chi connectivity index (χ0n) is 8.79. The fourth-order valence-corrected chi connectivity index (χ4v) is 0.664. The summed E-state index contributed by atoms with van der Waals surface area (Å²) < 4.78 is 0. The number of carbonyl (C=O) groups is 1. The Bertz CT molecular complexity index is 253. The first-order chi connectivity index (χ1) is 6.70. The molecule has 0 atom stereocenters. The van der Waals surface area contributed by atoms with Crippen molar-refractivity contribution >= 4 is 11.7 Å². The van der Waals surface area contributed by atoms with Gasteiger partial charge in [-0.15, -0.1) is 0 Å². The predicted molar refractivity (Wildman–Crippen MR) is 64.5 cm³/mol. The molecular formula is C11H22N2O. The normalized spacial score (nSPS) is 8.43. The number of anilines is 1. The first-order valence-electron chi connectivity index (χ1n) is 4.82. The number of nitrogens with one attached hydrogen (secondary N) is 1. The van der Waals surface area contributed by atoms with E-state index in [0.29, 0.717) is 0 Å². The third-order valence-electron chi connectivity index (χ3n) is 1.54. The quantitative estimate of drug-likeness (QED) is 0.751. The van der Waals surface area contributed by atoms with Crippen molar-refractivity contribution in [2.75, 3.05) is 5.32 Å². The van der Waals surface area contributed by atoms with Gasteiger partial charge in [0.05, 0.1) is 0 Å². The van der Waals surface area contributed by atoms with E-state index in [1.165, 1.54) is 12.8 Å². The molecule has 0 radical (unpaired) electrons. The third-order valence-corrected chi connectivity index (χ3v) is 1.54. The Balaban J connectivity index is -0.000000249. The Morgan fingerprint density at radius 3 is 2.14 bits per heavy atom. The van der Waals surface area contributed by atoms with Crippen molar-refractivity contribution in [3.8, 4) is 0 Å². The number of para-hydroxylation sites is 1. The van der Waals surface area contributed by atoms with E-state index in [2.05, 4.69) is 19.2 Å². The minimum atomic E-state index is -0.536. The van der Waals surface area contributed by atoms with Gasteiger partial charge in [0.1, 0.15) is 0 Å². The molecule has 0 aromatic heterocycles. The van der Waals surface area contributed by atoms with E-state index in [9.17, 15) is 4.79 Å². The first kappa shape index (κ1) is 12.5. The van der Waals surface area contributed by atoms with Gasteiger partial charge in [0.25, 0.3) is 0 Å². The zero-order valence-corrected chi connectivity index (χ0v) is 8.79. The summed E-state index contributed by atoms with van der Waals surface area (Å²) in [5.74, 6) is 0. The largest absolute Gasteiger partial charge is 0.351 e. The molecule has 2 amide bonds. The summed E-state index contributed by atoms with van der Waals surface area (Å²) in [6.07, 6.45) is 2.64. The summed E-state index contributed by atoms with van der Waals surface area (Å²) in [5, 5.41) is 2.44. The number of urea groups is 1. The Hall–Kier alpha value is -1.51. The second kappa shape index (κ2) is 8.10. The Morgan fingerprint density at radius 2 is 1.79 bits per heavy atom. The van der Waals surface area contributed by atoms with Crippen LogP contribution in [-0.4, -0.2) is 6.03 Å². The minimum Gasteiger partial charge on any atom is -0.351 e. The average molecular weight is 198 g/mol. The highest BCUT2D eigenvalue weighted by Gasteiger charge is 1.90. The molecule has 0 saturated carbocycles. The molecule has 14 heavy (non-hydrogen) atoms. The number of primary amides is 1. The summed E-state index contributed by atoms with van der Waals surface area (Å²) >= 11 is 0. The van der Waals surface area contributed by atoms with E-state index in [4.69, 9.17) is 5.73 Å². The number of hydrogen-bond donors (Lipinski definition) is 2. The van der Waals surface area contributed by atoms with E-state index < -0.39 is 6.03 Å². The van der Waals surface area contributed by atoms with Crippen LogP contribution in [-0.2, 0) is 0 Å². The van der Waals surface area contributed by atoms with Gasteiger partial charge in [0.15, 0.2) is 0 Å². The molecule has 0 bridgehead atoms. The van der Waals surface area contributed by atoms with Gasteiger partial charge in [-0.25, -0.2) is 4.79 Å². The number of unbranched alkanes of at least 4 members (excludes halogenated alkanes) is 1. The van der Waals surface area contributed by atoms with Crippen LogP contribution in [0.2, 0.25) is 0 Å². The topological polar surface area (TPSA) is 55.1 Å². The Labute approximate surface area is 88.3 Å². The fourth-order valence-electron chi connectivity index (χ4n) is 0.664. The lowest BCUT2D eigenvalue weighted by molar-refractivity contribution is 0.259. The van der Waals surface area contributed by atoms with Crippen molar-refractivity contribution in [1.29, 1.82) is 0 Å². The van der Waals surface area contributed by atoms with Crippen LogP contribution in [0, 0.1) is 0 Å². The van der Waals surface area contributed by atoms with Crippen LogP contribution in [0.3, 0.4) is 0 Å². The molecule has 0 saturated heterocycles. The van der Waals surface area contributed by atoms with E-state index in [-0.39, 0.29) is 2.85 Å². The first-order valence-corrected chi connectivity index (χ1v) is 4.82. The van der Waals surface area contributed by atoms with E-state index in [0.717, 1.165) is 5.69 Å². The molecule has 0 aliphatic rings. The maximum Gasteiger partial charge on any atom is 0.316 e. The summed E-state index contributed by atoms with van der Waals surface area (Å²) in [5.41, 5.74) is 5.59. The SMILES string of the molecule is CCCC.NC(=O)Nc1ccccc1.[HH].[HH]. The zero-order chi connectivity index (χ0) is 10.8. The van der Waals surface area contributed by atoms with Gasteiger partial charge in [-0.1, -0.05) is 44.9 Å². The van der Waals surface area contributed by atoms with Gasteiger partial charge in [-0.05, 0) is 12.1 Å². The number of nitrogens with two attached hydrogens (primary N) is 1. The number of benzene rings is 1. The highest BCUT2D eigenvalue weighted by Crippen LogP contribution is 2.03. The van der Waals surface area contributed by atoms with Crippen LogP contribution in [0.25, 0.3) is 0 Å². The molecule has 0 unspecified atom stereocenters. The number of amides is 2. The Kier molecular flexibility index (Phi) is 7.23. The summed E-state index contributed by atoms with van der Waals surface area (Å²) in [4.78, 5) is 10.3. The van der Waals surface area contributed by atoms with Gasteiger partial charge < -0.3 is 11.1 Å². The smallest absolute Gasteiger partial charge is 0.316 e. The van der Waals surface area contributed by atoms with Gasteiger partial charge in [0.2, 0.25) is 0 Å². The average Bonchev–Trinajstić information content (AvgIpc) is 2.19. The van der Waals surface area contributed by atoms with Crippen LogP contribution in [0.1, 0.15) is 29.5 Å². The molecule has 0 heterocycles. The van der Waals surface area contributed by atoms with Gasteiger partial charge in [-0.2, -0.15) is 0 Å². The summed E-state index contributed by atoms with van der Waals surface area (Å²) in [7, 11) is 0. The number of rotatable bonds is 2. The van der Waals surface area contributed by atoms with Crippen LogP contribution >= 0.6 is 0 Å². The predicted octanol–water partition coefficient (Wildman–Crippen LogP) is 3.48. The standard InChI is InChI=1S/C7H8N2O.C4H10.2H2/c8-7(10)9-6-4-2-1-3-5-6;1-3-4-2;;/h1-5H,(H3,8,9,10);3-4H2,1-2H3;2*1H. The molecule has 1 aromatic carbocycles. The molecule has 3 nitrogen and oxygen atoms in total. The molecule has 0 spiro atoms. The van der Waals surface area contributed by atoms with Gasteiger partial charge in [0, 0.05) is 8.54 Å².